The standard InChI is InChI=1S/C38H54ClN3O6S/c1-7-11-29-22-31(39)15-17-33(29)30-24-42(20-19-27(8-2)35(46-6)14-10-21-48-38(3,4)5)34-23-32(16-18-36(34)47-25-30)49(45,40-26-43)41-37(44)28-12-9-13-28/h10,14-18,22-23,26-28,30,35H,7-9,11-13,19-21,24-25H2,1-6H3,(H,40,41,43,44,45)/b14-10+. The molecule has 0 saturated heterocycles. The van der Waals surface area contributed by atoms with Crippen LogP contribution in [0.1, 0.15) is 90.2 Å². The average molecular weight is 716 g/mol. The molecule has 4 rings (SSSR count). The van der Waals surface area contributed by atoms with Crippen LogP contribution in [0.4, 0.5) is 5.69 Å². The highest BCUT2D eigenvalue weighted by atomic mass is 35.5. The zero-order chi connectivity index (χ0) is 35.6. The maximum Gasteiger partial charge on any atom is 0.242 e. The van der Waals surface area contributed by atoms with Gasteiger partial charge in [0, 0.05) is 37.1 Å². The number of anilines is 1. The normalized spacial score (nSPS) is 19.2. The largest absolute Gasteiger partial charge is 0.491 e. The van der Waals surface area contributed by atoms with Crippen molar-refractivity contribution in [2.45, 2.75) is 102 Å². The summed E-state index contributed by atoms with van der Waals surface area (Å²) in [7, 11) is -1.81. The SMILES string of the molecule is CCCc1cc(Cl)ccc1C1COc2ccc(S(=O)(=NC=O)NC(=O)C3CCC3)cc2N(CCC(CC)C(/C=C/COC(C)(C)C)OC)C1. The Morgan fingerprint density at radius 1 is 1.20 bits per heavy atom. The van der Waals surface area contributed by atoms with Gasteiger partial charge in [-0.25, -0.2) is 4.21 Å². The van der Waals surface area contributed by atoms with Crippen LogP contribution in [0, 0.1) is 11.8 Å². The average Bonchev–Trinajstić information content (AvgIpc) is 3.20. The van der Waals surface area contributed by atoms with Gasteiger partial charge in [-0.1, -0.05) is 62.9 Å². The highest BCUT2D eigenvalue weighted by Crippen LogP contribution is 2.39. The molecule has 1 aliphatic heterocycles. The Morgan fingerprint density at radius 2 is 1.98 bits per heavy atom. The molecule has 2 aromatic carbocycles. The van der Waals surface area contributed by atoms with Crippen LogP contribution in [0.3, 0.4) is 0 Å². The van der Waals surface area contributed by atoms with E-state index in [1.54, 1.807) is 25.3 Å². The fourth-order valence-corrected chi connectivity index (χ4v) is 8.01. The number of carbonyl (C=O) groups excluding carboxylic acids is 2. The van der Waals surface area contributed by atoms with Crippen LogP contribution in [-0.4, -0.2) is 61.6 Å². The quantitative estimate of drug-likeness (QED) is 0.139. The van der Waals surface area contributed by atoms with Crippen molar-refractivity contribution >= 4 is 39.5 Å². The van der Waals surface area contributed by atoms with E-state index in [-0.39, 0.29) is 46.7 Å². The number of ether oxygens (including phenoxy) is 3. The molecule has 0 radical (unpaired) electrons. The van der Waals surface area contributed by atoms with Gasteiger partial charge in [-0.15, -0.1) is 4.36 Å². The lowest BCUT2D eigenvalue weighted by atomic mass is 9.85. The minimum absolute atomic E-state index is 0.0322. The van der Waals surface area contributed by atoms with Gasteiger partial charge in [0.1, 0.15) is 5.75 Å². The van der Waals surface area contributed by atoms with E-state index in [1.807, 2.05) is 39.0 Å². The van der Waals surface area contributed by atoms with Crippen LogP contribution >= 0.6 is 11.6 Å². The summed E-state index contributed by atoms with van der Waals surface area (Å²) < 4.78 is 38.9. The number of amides is 2. The molecule has 4 unspecified atom stereocenters. The third-order valence-corrected chi connectivity index (χ3v) is 11.4. The van der Waals surface area contributed by atoms with Crippen LogP contribution in [-0.2, 0) is 35.4 Å². The Bertz CT molecular complexity index is 1580. The zero-order valence-corrected chi connectivity index (χ0v) is 31.5. The first-order valence-corrected chi connectivity index (χ1v) is 19.5. The van der Waals surface area contributed by atoms with Crippen LogP contribution in [0.25, 0.3) is 0 Å². The van der Waals surface area contributed by atoms with Gasteiger partial charge in [-0.05, 0) is 93.8 Å². The van der Waals surface area contributed by atoms with Gasteiger partial charge in [0.05, 0.1) is 35.5 Å². The smallest absolute Gasteiger partial charge is 0.242 e. The van der Waals surface area contributed by atoms with Gasteiger partial charge >= 0.3 is 0 Å². The summed E-state index contributed by atoms with van der Waals surface area (Å²) in [6, 6.07) is 11.3. The Kier molecular flexibility index (Phi) is 14.1. The Labute approximate surface area is 298 Å². The lowest BCUT2D eigenvalue weighted by Gasteiger charge is -2.31. The first-order valence-electron chi connectivity index (χ1n) is 17.6. The first kappa shape index (κ1) is 38.9. The van der Waals surface area contributed by atoms with Gasteiger partial charge in [0.25, 0.3) is 0 Å². The number of nitrogens with zero attached hydrogens (tertiary/aromatic N) is 2. The van der Waals surface area contributed by atoms with Gasteiger partial charge in [-0.2, -0.15) is 0 Å². The Balaban J connectivity index is 1.68. The molecule has 1 aliphatic carbocycles. The van der Waals surface area contributed by atoms with Gasteiger partial charge in [0.2, 0.25) is 12.3 Å². The summed E-state index contributed by atoms with van der Waals surface area (Å²) in [5.74, 6) is 0.339. The number of methoxy groups -OCH3 is 1. The number of rotatable bonds is 16. The van der Waals surface area contributed by atoms with Crippen molar-refractivity contribution in [3.05, 3.63) is 64.7 Å². The van der Waals surface area contributed by atoms with Crippen molar-refractivity contribution in [2.75, 3.05) is 38.3 Å². The lowest BCUT2D eigenvalue weighted by molar-refractivity contribution is -0.125. The second-order valence-corrected chi connectivity index (χ2v) is 16.4. The van der Waals surface area contributed by atoms with Gasteiger partial charge in [0.15, 0.2) is 9.92 Å². The Morgan fingerprint density at radius 3 is 2.61 bits per heavy atom. The van der Waals surface area contributed by atoms with Crippen LogP contribution in [0.5, 0.6) is 5.75 Å². The number of halogens is 1. The van der Waals surface area contributed by atoms with E-state index in [1.165, 1.54) is 11.1 Å². The number of carbonyl (C=O) groups is 2. The predicted molar refractivity (Wildman–Crippen MR) is 197 cm³/mol. The molecule has 1 heterocycles. The van der Waals surface area contributed by atoms with Gasteiger partial charge < -0.3 is 19.1 Å². The molecule has 11 heteroatoms. The second kappa shape index (κ2) is 17.8. The van der Waals surface area contributed by atoms with Crippen LogP contribution in [0.15, 0.2) is 57.8 Å². The van der Waals surface area contributed by atoms with Crippen molar-refractivity contribution in [3.8, 4) is 5.75 Å². The molecule has 2 aliphatic rings. The van der Waals surface area contributed by atoms with Crippen molar-refractivity contribution < 1.29 is 28.0 Å². The summed E-state index contributed by atoms with van der Waals surface area (Å²) >= 11 is 6.43. The number of hydrogen-bond donors (Lipinski definition) is 1. The van der Waals surface area contributed by atoms with Crippen molar-refractivity contribution in [3.63, 3.8) is 0 Å². The highest BCUT2D eigenvalue weighted by Gasteiger charge is 2.31. The molecule has 0 aromatic heterocycles. The van der Waals surface area contributed by atoms with Crippen molar-refractivity contribution in [2.24, 2.45) is 16.2 Å². The summed E-state index contributed by atoms with van der Waals surface area (Å²) in [4.78, 5) is 27.1. The third kappa shape index (κ3) is 10.5. The van der Waals surface area contributed by atoms with Crippen LogP contribution < -0.4 is 14.4 Å². The number of hydrogen-bond acceptors (Lipinski definition) is 7. The topological polar surface area (TPSA) is 107 Å². The summed E-state index contributed by atoms with van der Waals surface area (Å²) in [5, 5.41) is 0.710. The Hall–Kier alpha value is -2.92. The van der Waals surface area contributed by atoms with E-state index in [0.717, 1.165) is 50.6 Å². The van der Waals surface area contributed by atoms with E-state index < -0.39 is 9.92 Å². The van der Waals surface area contributed by atoms with Crippen LogP contribution in [0.2, 0.25) is 5.02 Å². The highest BCUT2D eigenvalue weighted by molar-refractivity contribution is 7.92. The minimum Gasteiger partial charge on any atom is -0.491 e. The number of nitrogens with one attached hydrogen (secondary N) is 1. The molecule has 270 valence electrons. The molecule has 9 nitrogen and oxygen atoms in total. The third-order valence-electron chi connectivity index (χ3n) is 9.41. The molecular formula is C38H54ClN3O6S. The molecule has 49 heavy (non-hydrogen) atoms. The molecule has 2 aromatic rings. The monoisotopic (exact) mass is 715 g/mol. The summed E-state index contributed by atoms with van der Waals surface area (Å²) in [6.07, 6.45) is 10.3. The van der Waals surface area contributed by atoms with Gasteiger partial charge in [-0.3, -0.25) is 14.3 Å². The minimum atomic E-state index is -3.55. The molecule has 4 atom stereocenters. The molecule has 1 N–H and O–H groups in total. The number of benzene rings is 2. The van der Waals surface area contributed by atoms with E-state index in [2.05, 4.69) is 40.0 Å². The van der Waals surface area contributed by atoms with Crippen molar-refractivity contribution in [1.82, 2.24) is 4.72 Å². The van der Waals surface area contributed by atoms with E-state index >= 15 is 0 Å². The molecule has 0 spiro atoms. The first-order chi connectivity index (χ1) is 23.4. The molecular weight excluding hydrogens is 662 g/mol. The molecule has 1 fully saturated rings. The maximum absolute atomic E-state index is 14.1. The predicted octanol–water partition coefficient (Wildman–Crippen LogP) is 7.89. The number of fused-ring (bicyclic) bond motifs is 1. The summed E-state index contributed by atoms with van der Waals surface area (Å²) in [5.41, 5.74) is 2.92. The fraction of sp³-hybridized carbons (Fsp3) is 0.579. The maximum atomic E-state index is 14.1. The summed E-state index contributed by atoms with van der Waals surface area (Å²) in [6.45, 7) is 12.7. The molecule has 1 saturated carbocycles. The fourth-order valence-electron chi connectivity index (χ4n) is 6.44. The van der Waals surface area contributed by atoms with E-state index in [4.69, 9.17) is 25.8 Å². The van der Waals surface area contributed by atoms with E-state index in [0.29, 0.717) is 37.1 Å². The lowest BCUT2D eigenvalue weighted by Crippen LogP contribution is -2.38. The number of aryl methyl sites for hydroxylation is 1. The second-order valence-electron chi connectivity index (χ2n) is 14.0. The zero-order valence-electron chi connectivity index (χ0n) is 29.9. The van der Waals surface area contributed by atoms with Crippen molar-refractivity contribution in [1.29, 1.82) is 0 Å². The molecule has 2 amide bonds. The van der Waals surface area contributed by atoms with E-state index in [9.17, 15) is 13.8 Å². The molecule has 0 bridgehead atoms.